The molecule has 0 unspecified atom stereocenters. The van der Waals surface area contributed by atoms with Gasteiger partial charge in [0.2, 0.25) is 0 Å². The van der Waals surface area contributed by atoms with E-state index in [0.717, 1.165) is 16.7 Å². The Bertz CT molecular complexity index is 1300. The standard InChI is InChI=1S/C32H38N2O7/c1-4-15-39-32(38)33-26-9-5-8-25(16-26)31-40-29(19-34(3)18-28(37)24-7-6-10-27(36)17-24)21(2)30(41-31)23-13-11-22(20-35)12-14-23/h4-14,16-17,21,28-31,35-37H,1,15,18-20H2,2-3H3,(H,33,38)/t21-,28-,29+,30+,31+/m1/s1. The molecule has 1 saturated heterocycles. The molecule has 1 heterocycles. The Morgan fingerprint density at radius 1 is 1.10 bits per heavy atom. The number of ether oxygens (including phenoxy) is 3. The van der Waals surface area contributed by atoms with E-state index in [1.807, 2.05) is 42.3 Å². The van der Waals surface area contributed by atoms with Crippen LogP contribution in [0.5, 0.6) is 5.75 Å². The molecule has 3 aromatic rings. The van der Waals surface area contributed by atoms with Crippen LogP contribution in [0, 0.1) is 5.92 Å². The van der Waals surface area contributed by atoms with E-state index in [1.165, 1.54) is 6.08 Å². The lowest BCUT2D eigenvalue weighted by Crippen LogP contribution is -2.44. The molecule has 218 valence electrons. The molecule has 0 aromatic heterocycles. The summed E-state index contributed by atoms with van der Waals surface area (Å²) in [4.78, 5) is 14.1. The highest BCUT2D eigenvalue weighted by Gasteiger charge is 2.39. The van der Waals surface area contributed by atoms with Gasteiger partial charge in [-0.1, -0.05) is 68.1 Å². The summed E-state index contributed by atoms with van der Waals surface area (Å²) >= 11 is 0. The summed E-state index contributed by atoms with van der Waals surface area (Å²) in [6.07, 6.45) is -1.20. The molecular weight excluding hydrogens is 524 g/mol. The number of nitrogens with zero attached hydrogens (tertiary/aromatic N) is 1. The van der Waals surface area contributed by atoms with Crippen LogP contribution in [-0.2, 0) is 20.8 Å². The summed E-state index contributed by atoms with van der Waals surface area (Å²) in [5.41, 5.74) is 3.66. The van der Waals surface area contributed by atoms with E-state index in [1.54, 1.807) is 42.5 Å². The average Bonchev–Trinajstić information content (AvgIpc) is 2.97. The number of benzene rings is 3. The highest BCUT2D eigenvalue weighted by atomic mass is 16.7. The van der Waals surface area contributed by atoms with Crippen molar-refractivity contribution < 1.29 is 34.3 Å². The third-order valence-electron chi connectivity index (χ3n) is 7.09. The molecule has 0 saturated carbocycles. The predicted octanol–water partition coefficient (Wildman–Crippen LogP) is 5.08. The quantitative estimate of drug-likeness (QED) is 0.239. The minimum atomic E-state index is -0.788. The van der Waals surface area contributed by atoms with Gasteiger partial charge in [-0.25, -0.2) is 4.79 Å². The van der Waals surface area contributed by atoms with Crippen molar-refractivity contribution in [1.82, 2.24) is 4.90 Å². The van der Waals surface area contributed by atoms with Gasteiger partial charge < -0.3 is 34.4 Å². The molecule has 9 heteroatoms. The van der Waals surface area contributed by atoms with Crippen molar-refractivity contribution >= 4 is 11.8 Å². The molecule has 0 bridgehead atoms. The maximum Gasteiger partial charge on any atom is 0.411 e. The fraction of sp³-hybridized carbons (Fsp3) is 0.344. The van der Waals surface area contributed by atoms with Gasteiger partial charge in [-0.3, -0.25) is 5.32 Å². The molecular formula is C32H38N2O7. The topological polar surface area (TPSA) is 121 Å². The van der Waals surface area contributed by atoms with E-state index in [9.17, 15) is 20.1 Å². The smallest absolute Gasteiger partial charge is 0.411 e. The van der Waals surface area contributed by atoms with Gasteiger partial charge in [0.15, 0.2) is 6.29 Å². The zero-order valence-electron chi connectivity index (χ0n) is 23.3. The molecule has 1 aliphatic rings. The number of aliphatic hydroxyl groups is 2. The van der Waals surface area contributed by atoms with Crippen LogP contribution in [0.1, 0.15) is 47.7 Å². The van der Waals surface area contributed by atoms with E-state index in [-0.39, 0.29) is 37.1 Å². The lowest BCUT2D eigenvalue weighted by atomic mass is 9.90. The molecule has 5 atom stereocenters. The van der Waals surface area contributed by atoms with Crippen molar-refractivity contribution in [1.29, 1.82) is 0 Å². The van der Waals surface area contributed by atoms with E-state index >= 15 is 0 Å². The van der Waals surface area contributed by atoms with Crippen LogP contribution in [-0.4, -0.2) is 59.2 Å². The number of phenols is 1. The van der Waals surface area contributed by atoms with Crippen LogP contribution in [0.15, 0.2) is 85.5 Å². The number of nitrogens with one attached hydrogen (secondary N) is 1. The Morgan fingerprint density at radius 2 is 1.85 bits per heavy atom. The first-order chi connectivity index (χ1) is 19.8. The predicted molar refractivity (Wildman–Crippen MR) is 155 cm³/mol. The fourth-order valence-corrected chi connectivity index (χ4v) is 4.89. The molecule has 0 spiro atoms. The second-order valence-corrected chi connectivity index (χ2v) is 10.3. The highest BCUT2D eigenvalue weighted by Crippen LogP contribution is 2.42. The largest absolute Gasteiger partial charge is 0.508 e. The van der Waals surface area contributed by atoms with Crippen LogP contribution in [0.3, 0.4) is 0 Å². The number of anilines is 1. The fourth-order valence-electron chi connectivity index (χ4n) is 4.89. The van der Waals surface area contributed by atoms with E-state index in [2.05, 4.69) is 18.8 Å². The van der Waals surface area contributed by atoms with Gasteiger partial charge in [-0.15, -0.1) is 0 Å². The Morgan fingerprint density at radius 3 is 2.56 bits per heavy atom. The molecule has 1 amide bonds. The highest BCUT2D eigenvalue weighted by molar-refractivity contribution is 5.84. The molecule has 9 nitrogen and oxygen atoms in total. The molecule has 3 aromatic carbocycles. The number of hydrogen-bond acceptors (Lipinski definition) is 8. The molecule has 4 N–H and O–H groups in total. The van der Waals surface area contributed by atoms with Gasteiger partial charge in [0.1, 0.15) is 12.4 Å². The second kappa shape index (κ2) is 14.2. The van der Waals surface area contributed by atoms with Crippen molar-refractivity contribution in [2.45, 2.75) is 38.1 Å². The first-order valence-corrected chi connectivity index (χ1v) is 13.6. The monoisotopic (exact) mass is 562 g/mol. The SMILES string of the molecule is C=CCOC(=O)Nc1cccc([C@H]2O[C@@H](CN(C)C[C@@H](O)c3cccc(O)c3)[C@@H](C)[C@@H](c3ccc(CO)cc3)O2)c1. The number of hydrogen-bond donors (Lipinski definition) is 4. The Labute approximate surface area is 240 Å². The second-order valence-electron chi connectivity index (χ2n) is 10.3. The lowest BCUT2D eigenvalue weighted by molar-refractivity contribution is -0.276. The zero-order valence-corrected chi connectivity index (χ0v) is 23.3. The molecule has 41 heavy (non-hydrogen) atoms. The number of aliphatic hydroxyl groups excluding tert-OH is 2. The number of phenolic OH excluding ortho intramolecular Hbond substituents is 1. The third kappa shape index (κ3) is 8.16. The number of carbonyl (C=O) groups is 1. The normalized spacial score (nSPS) is 21.3. The minimum Gasteiger partial charge on any atom is -0.508 e. The molecule has 4 rings (SSSR count). The van der Waals surface area contributed by atoms with Gasteiger partial charge in [0.05, 0.1) is 24.9 Å². The lowest BCUT2D eigenvalue weighted by Gasteiger charge is -2.42. The summed E-state index contributed by atoms with van der Waals surface area (Å²) in [7, 11) is 1.91. The maximum absolute atomic E-state index is 12.1. The first kappa shape index (κ1) is 30.2. The van der Waals surface area contributed by atoms with Crippen LogP contribution in [0.2, 0.25) is 0 Å². The van der Waals surface area contributed by atoms with E-state index < -0.39 is 18.5 Å². The molecule has 0 radical (unpaired) electrons. The Balaban J connectivity index is 1.54. The first-order valence-electron chi connectivity index (χ1n) is 13.6. The maximum atomic E-state index is 12.1. The Hall–Kier alpha value is -3.73. The van der Waals surface area contributed by atoms with Crippen molar-refractivity contribution in [3.05, 3.63) is 108 Å². The number of likely N-dealkylation sites (N-methyl/N-ethyl adjacent to an activating group) is 1. The summed E-state index contributed by atoms with van der Waals surface area (Å²) in [6, 6.07) is 21.5. The summed E-state index contributed by atoms with van der Waals surface area (Å²) in [5.74, 6) is 0.0518. The van der Waals surface area contributed by atoms with E-state index in [4.69, 9.17) is 14.2 Å². The number of rotatable bonds is 11. The number of amides is 1. The zero-order chi connectivity index (χ0) is 29.4. The van der Waals surface area contributed by atoms with Gasteiger partial charge in [0, 0.05) is 30.3 Å². The Kier molecular flexibility index (Phi) is 10.5. The molecule has 1 aliphatic heterocycles. The molecule has 1 fully saturated rings. The third-order valence-corrected chi connectivity index (χ3v) is 7.09. The van der Waals surface area contributed by atoms with Crippen LogP contribution >= 0.6 is 0 Å². The number of aromatic hydroxyl groups is 1. The summed E-state index contributed by atoms with van der Waals surface area (Å²) in [5, 5.41) is 32.8. The van der Waals surface area contributed by atoms with Gasteiger partial charge in [-0.05, 0) is 48.0 Å². The van der Waals surface area contributed by atoms with Crippen molar-refractivity contribution in [2.75, 3.05) is 32.1 Å². The van der Waals surface area contributed by atoms with Gasteiger partial charge in [-0.2, -0.15) is 0 Å². The minimum absolute atomic E-state index is 0.0446. The van der Waals surface area contributed by atoms with Crippen LogP contribution in [0.4, 0.5) is 10.5 Å². The number of carbonyl (C=O) groups excluding carboxylic acids is 1. The average molecular weight is 563 g/mol. The summed E-state index contributed by atoms with van der Waals surface area (Å²) < 4.78 is 18.0. The molecule has 0 aliphatic carbocycles. The summed E-state index contributed by atoms with van der Waals surface area (Å²) in [6.45, 7) is 6.52. The van der Waals surface area contributed by atoms with Gasteiger partial charge in [0.25, 0.3) is 0 Å². The van der Waals surface area contributed by atoms with Crippen molar-refractivity contribution in [3.8, 4) is 5.75 Å². The van der Waals surface area contributed by atoms with Crippen molar-refractivity contribution in [3.63, 3.8) is 0 Å². The van der Waals surface area contributed by atoms with Crippen LogP contribution < -0.4 is 5.32 Å². The van der Waals surface area contributed by atoms with Crippen LogP contribution in [0.25, 0.3) is 0 Å². The van der Waals surface area contributed by atoms with E-state index in [0.29, 0.717) is 24.3 Å². The van der Waals surface area contributed by atoms with Gasteiger partial charge >= 0.3 is 6.09 Å². The van der Waals surface area contributed by atoms with Crippen molar-refractivity contribution in [2.24, 2.45) is 5.92 Å².